The van der Waals surface area contributed by atoms with Crippen LogP contribution in [0.25, 0.3) is 0 Å². The van der Waals surface area contributed by atoms with Crippen LogP contribution in [0, 0.1) is 0 Å². The Labute approximate surface area is 153 Å². The molecule has 1 aliphatic heterocycles. The summed E-state index contributed by atoms with van der Waals surface area (Å²) < 4.78 is 0. The van der Waals surface area contributed by atoms with Gasteiger partial charge in [-0.05, 0) is 42.0 Å². The SMILES string of the molecule is CCCCCCc1ccc(C(=O)N2CCSC2c2cccs2)cc1. The van der Waals surface area contributed by atoms with Crippen molar-refractivity contribution in [3.05, 3.63) is 57.8 Å². The summed E-state index contributed by atoms with van der Waals surface area (Å²) in [5.74, 6) is 1.18. The molecule has 0 spiro atoms. The Hall–Kier alpha value is -1.26. The fourth-order valence-electron chi connectivity index (χ4n) is 3.08. The highest BCUT2D eigenvalue weighted by Crippen LogP contribution is 2.40. The van der Waals surface area contributed by atoms with Gasteiger partial charge < -0.3 is 4.90 Å². The molecule has 4 heteroatoms. The summed E-state index contributed by atoms with van der Waals surface area (Å²) in [7, 11) is 0. The van der Waals surface area contributed by atoms with Crippen molar-refractivity contribution in [2.45, 2.75) is 44.4 Å². The van der Waals surface area contributed by atoms with Crippen molar-refractivity contribution in [1.82, 2.24) is 4.90 Å². The van der Waals surface area contributed by atoms with Crippen LogP contribution in [-0.4, -0.2) is 23.1 Å². The van der Waals surface area contributed by atoms with Crippen LogP contribution in [-0.2, 0) is 6.42 Å². The molecular formula is C20H25NOS2. The molecule has 2 aromatic rings. The number of rotatable bonds is 7. The third kappa shape index (κ3) is 4.22. The Morgan fingerprint density at radius 3 is 2.71 bits per heavy atom. The summed E-state index contributed by atoms with van der Waals surface area (Å²) in [5.41, 5.74) is 2.16. The zero-order valence-electron chi connectivity index (χ0n) is 14.2. The fraction of sp³-hybridized carbons (Fsp3) is 0.450. The molecule has 0 radical (unpaired) electrons. The lowest BCUT2D eigenvalue weighted by Crippen LogP contribution is -2.30. The van der Waals surface area contributed by atoms with Crippen molar-refractivity contribution < 1.29 is 4.79 Å². The number of hydrogen-bond donors (Lipinski definition) is 0. The third-order valence-electron chi connectivity index (χ3n) is 4.46. The van der Waals surface area contributed by atoms with Gasteiger partial charge in [-0.3, -0.25) is 4.79 Å². The number of thioether (sulfide) groups is 1. The standard InChI is InChI=1S/C20H25NOS2/c1-2-3-4-5-7-16-9-11-17(12-10-16)19(22)21-13-15-24-20(21)18-8-6-14-23-18/h6,8-12,14,20H,2-5,7,13,15H2,1H3. The molecule has 1 fully saturated rings. The second-order valence-corrected chi connectivity index (χ2v) is 8.41. The smallest absolute Gasteiger partial charge is 0.255 e. The van der Waals surface area contributed by atoms with Gasteiger partial charge in [0.2, 0.25) is 0 Å². The minimum atomic E-state index is 0.163. The molecule has 128 valence electrons. The highest BCUT2D eigenvalue weighted by atomic mass is 32.2. The number of nitrogens with zero attached hydrogens (tertiary/aromatic N) is 1. The lowest BCUT2D eigenvalue weighted by Gasteiger charge is -2.23. The molecule has 1 aromatic heterocycles. The summed E-state index contributed by atoms with van der Waals surface area (Å²) in [5, 5.41) is 2.27. The van der Waals surface area contributed by atoms with Crippen LogP contribution in [0.15, 0.2) is 41.8 Å². The highest BCUT2D eigenvalue weighted by Gasteiger charge is 2.31. The Balaban J connectivity index is 1.62. The van der Waals surface area contributed by atoms with Gasteiger partial charge in [0.25, 0.3) is 5.91 Å². The predicted molar refractivity (Wildman–Crippen MR) is 105 cm³/mol. The molecule has 2 nitrogen and oxygen atoms in total. The van der Waals surface area contributed by atoms with Gasteiger partial charge in [-0.15, -0.1) is 23.1 Å². The minimum absolute atomic E-state index is 0.163. The van der Waals surface area contributed by atoms with E-state index in [0.717, 1.165) is 24.3 Å². The number of thiophene rings is 1. The molecule has 1 aromatic carbocycles. The van der Waals surface area contributed by atoms with E-state index in [2.05, 4.69) is 36.6 Å². The first-order valence-corrected chi connectivity index (χ1v) is 10.8. The Bertz CT molecular complexity index is 636. The van der Waals surface area contributed by atoms with Crippen molar-refractivity contribution in [1.29, 1.82) is 0 Å². The Morgan fingerprint density at radius 2 is 2.00 bits per heavy atom. The first-order valence-electron chi connectivity index (χ1n) is 8.84. The molecule has 3 rings (SSSR count). The molecule has 1 amide bonds. The Morgan fingerprint density at radius 1 is 1.17 bits per heavy atom. The van der Waals surface area contributed by atoms with Crippen LogP contribution < -0.4 is 0 Å². The van der Waals surface area contributed by atoms with Crippen LogP contribution in [0.2, 0.25) is 0 Å². The number of carbonyl (C=O) groups excluding carboxylic acids is 1. The van der Waals surface area contributed by atoms with Crippen molar-refractivity contribution >= 4 is 29.0 Å². The Kier molecular flexibility index (Phi) is 6.38. The molecule has 1 saturated heterocycles. The number of benzene rings is 1. The first-order chi connectivity index (χ1) is 11.8. The summed E-state index contributed by atoms with van der Waals surface area (Å²) in [6.07, 6.45) is 6.24. The summed E-state index contributed by atoms with van der Waals surface area (Å²) in [6, 6.07) is 12.5. The normalized spacial score (nSPS) is 17.4. The lowest BCUT2D eigenvalue weighted by molar-refractivity contribution is 0.0762. The quantitative estimate of drug-likeness (QED) is 0.586. The molecule has 1 aliphatic rings. The fourth-order valence-corrected chi connectivity index (χ4v) is 5.32. The molecule has 0 N–H and O–H groups in total. The first kappa shape index (κ1) is 17.6. The van der Waals surface area contributed by atoms with Gasteiger partial charge in [0.15, 0.2) is 0 Å². The van der Waals surface area contributed by atoms with E-state index in [4.69, 9.17) is 0 Å². The van der Waals surface area contributed by atoms with E-state index in [9.17, 15) is 4.79 Å². The van der Waals surface area contributed by atoms with Crippen LogP contribution >= 0.6 is 23.1 Å². The van der Waals surface area contributed by atoms with Crippen LogP contribution in [0.4, 0.5) is 0 Å². The van der Waals surface area contributed by atoms with Gasteiger partial charge in [-0.25, -0.2) is 0 Å². The number of hydrogen-bond acceptors (Lipinski definition) is 3. The van der Waals surface area contributed by atoms with Gasteiger partial charge in [0.05, 0.1) is 0 Å². The molecular weight excluding hydrogens is 334 g/mol. The average Bonchev–Trinajstić information content (AvgIpc) is 3.29. The van der Waals surface area contributed by atoms with Gasteiger partial charge in [0, 0.05) is 22.7 Å². The number of carbonyl (C=O) groups is 1. The number of aryl methyl sites for hydroxylation is 1. The van der Waals surface area contributed by atoms with E-state index in [0.29, 0.717) is 0 Å². The predicted octanol–water partition coefficient (Wildman–Crippen LogP) is 5.76. The van der Waals surface area contributed by atoms with Gasteiger partial charge in [0.1, 0.15) is 5.37 Å². The monoisotopic (exact) mass is 359 g/mol. The molecule has 1 atom stereocenters. The van der Waals surface area contributed by atoms with E-state index < -0.39 is 0 Å². The average molecular weight is 360 g/mol. The zero-order valence-corrected chi connectivity index (χ0v) is 15.9. The molecule has 0 saturated carbocycles. The van der Waals surface area contributed by atoms with Crippen LogP contribution in [0.1, 0.15) is 58.8 Å². The van der Waals surface area contributed by atoms with E-state index in [1.165, 1.54) is 36.1 Å². The van der Waals surface area contributed by atoms with Crippen molar-refractivity contribution in [2.75, 3.05) is 12.3 Å². The van der Waals surface area contributed by atoms with Crippen LogP contribution in [0.5, 0.6) is 0 Å². The maximum Gasteiger partial charge on any atom is 0.255 e. The number of unbranched alkanes of at least 4 members (excludes halogenated alkanes) is 3. The van der Waals surface area contributed by atoms with Crippen LogP contribution in [0.3, 0.4) is 0 Å². The summed E-state index contributed by atoms with van der Waals surface area (Å²) in [4.78, 5) is 16.2. The third-order valence-corrected chi connectivity index (χ3v) is 6.77. The summed E-state index contributed by atoms with van der Waals surface area (Å²) in [6.45, 7) is 3.07. The topological polar surface area (TPSA) is 20.3 Å². The molecule has 1 unspecified atom stereocenters. The van der Waals surface area contributed by atoms with E-state index >= 15 is 0 Å². The maximum absolute atomic E-state index is 12.9. The van der Waals surface area contributed by atoms with E-state index in [1.807, 2.05) is 28.8 Å². The second kappa shape index (κ2) is 8.72. The van der Waals surface area contributed by atoms with E-state index in [1.54, 1.807) is 11.3 Å². The molecule has 24 heavy (non-hydrogen) atoms. The van der Waals surface area contributed by atoms with Crippen molar-refractivity contribution in [2.24, 2.45) is 0 Å². The second-order valence-electron chi connectivity index (χ2n) is 6.24. The number of amides is 1. The van der Waals surface area contributed by atoms with Gasteiger partial charge in [-0.2, -0.15) is 0 Å². The zero-order chi connectivity index (χ0) is 16.8. The van der Waals surface area contributed by atoms with Crippen molar-refractivity contribution in [3.8, 4) is 0 Å². The van der Waals surface area contributed by atoms with Gasteiger partial charge >= 0.3 is 0 Å². The van der Waals surface area contributed by atoms with E-state index in [-0.39, 0.29) is 11.3 Å². The molecule has 0 aliphatic carbocycles. The highest BCUT2D eigenvalue weighted by molar-refractivity contribution is 7.99. The minimum Gasteiger partial charge on any atom is -0.321 e. The largest absolute Gasteiger partial charge is 0.321 e. The summed E-state index contributed by atoms with van der Waals surface area (Å²) >= 11 is 3.60. The van der Waals surface area contributed by atoms with Gasteiger partial charge in [-0.1, -0.05) is 44.4 Å². The molecule has 2 heterocycles. The maximum atomic E-state index is 12.9. The lowest BCUT2D eigenvalue weighted by atomic mass is 10.0. The molecule has 0 bridgehead atoms. The van der Waals surface area contributed by atoms with Crippen molar-refractivity contribution in [3.63, 3.8) is 0 Å².